The Morgan fingerprint density at radius 3 is 2.68 bits per heavy atom. The van der Waals surface area contributed by atoms with Crippen molar-refractivity contribution in [3.05, 3.63) is 51.2 Å². The Kier molecular flexibility index (Phi) is 4.52. The highest BCUT2D eigenvalue weighted by Crippen LogP contribution is 2.38. The Morgan fingerprint density at radius 2 is 2.12 bits per heavy atom. The van der Waals surface area contributed by atoms with E-state index in [0.29, 0.717) is 28.8 Å². The number of rotatable bonds is 6. The van der Waals surface area contributed by atoms with E-state index in [1.807, 2.05) is 13.8 Å². The highest BCUT2D eigenvalue weighted by Gasteiger charge is 2.31. The summed E-state index contributed by atoms with van der Waals surface area (Å²) in [4.78, 5) is 27.4. The molecule has 1 amide bonds. The molecule has 0 saturated heterocycles. The second-order valence-corrected chi connectivity index (χ2v) is 6.72. The molecule has 1 aliphatic rings. The molecule has 132 valence electrons. The van der Waals surface area contributed by atoms with Crippen LogP contribution in [0.5, 0.6) is 0 Å². The summed E-state index contributed by atoms with van der Waals surface area (Å²) in [6.45, 7) is 5.51. The van der Waals surface area contributed by atoms with Gasteiger partial charge >= 0.3 is 0 Å². The molecule has 1 N–H and O–H groups in total. The quantitative estimate of drug-likeness (QED) is 0.636. The monoisotopic (exact) mass is 344 g/mol. The molecule has 1 aliphatic carbocycles. The van der Waals surface area contributed by atoms with Crippen molar-refractivity contribution in [3.63, 3.8) is 0 Å². The summed E-state index contributed by atoms with van der Waals surface area (Å²) < 4.78 is 5.34. The average molecular weight is 344 g/mol. The summed E-state index contributed by atoms with van der Waals surface area (Å²) in [5.41, 5.74) is 0.783. The average Bonchev–Trinajstić information content (AvgIpc) is 3.29. The number of hydrogen-bond acceptors (Lipinski definition) is 6. The zero-order valence-electron chi connectivity index (χ0n) is 14.4. The molecule has 25 heavy (non-hydrogen) atoms. The van der Waals surface area contributed by atoms with Gasteiger partial charge in [-0.25, -0.2) is 0 Å². The van der Waals surface area contributed by atoms with Crippen LogP contribution in [0, 0.1) is 23.0 Å². The Morgan fingerprint density at radius 1 is 1.40 bits per heavy atom. The Bertz CT molecular complexity index is 811. The number of hydrogen-bond donors (Lipinski definition) is 1. The molecule has 0 radical (unpaired) electrons. The molecular weight excluding hydrogens is 324 g/mol. The van der Waals surface area contributed by atoms with E-state index in [4.69, 9.17) is 4.52 Å². The number of nitrogens with one attached hydrogen (secondary N) is 1. The van der Waals surface area contributed by atoms with Crippen LogP contribution < -0.4 is 5.32 Å². The molecular formula is C17H20N4O4. The third-order valence-corrected chi connectivity index (χ3v) is 4.27. The minimum atomic E-state index is -0.466. The lowest BCUT2D eigenvalue weighted by molar-refractivity contribution is -0.385. The third kappa shape index (κ3) is 3.67. The Labute approximate surface area is 144 Å². The van der Waals surface area contributed by atoms with Crippen LogP contribution in [0.3, 0.4) is 0 Å². The van der Waals surface area contributed by atoms with E-state index >= 15 is 0 Å². The van der Waals surface area contributed by atoms with E-state index in [1.54, 1.807) is 6.92 Å². The van der Waals surface area contributed by atoms with Crippen molar-refractivity contribution >= 4 is 11.6 Å². The predicted molar refractivity (Wildman–Crippen MR) is 89.2 cm³/mol. The maximum absolute atomic E-state index is 12.5. The van der Waals surface area contributed by atoms with E-state index in [2.05, 4.69) is 15.5 Å². The zero-order chi connectivity index (χ0) is 18.1. The fourth-order valence-electron chi connectivity index (χ4n) is 2.62. The molecule has 0 spiro atoms. The van der Waals surface area contributed by atoms with Crippen molar-refractivity contribution in [1.82, 2.24) is 15.5 Å². The van der Waals surface area contributed by atoms with Gasteiger partial charge in [-0.05, 0) is 37.8 Å². The summed E-state index contributed by atoms with van der Waals surface area (Å²) in [6, 6.07) is 3.88. The number of carbonyl (C=O) groups excluding carboxylic acids is 1. The van der Waals surface area contributed by atoms with Crippen molar-refractivity contribution < 1.29 is 14.2 Å². The van der Waals surface area contributed by atoms with Gasteiger partial charge in [0.15, 0.2) is 5.82 Å². The third-order valence-electron chi connectivity index (χ3n) is 4.27. The van der Waals surface area contributed by atoms with Gasteiger partial charge in [0.2, 0.25) is 5.89 Å². The second-order valence-electron chi connectivity index (χ2n) is 6.72. The van der Waals surface area contributed by atoms with Crippen LogP contribution in [0.4, 0.5) is 5.69 Å². The first-order chi connectivity index (χ1) is 11.9. The molecule has 2 aromatic rings. The van der Waals surface area contributed by atoms with Gasteiger partial charge in [-0.3, -0.25) is 14.9 Å². The van der Waals surface area contributed by atoms with E-state index in [1.165, 1.54) is 18.2 Å². The largest absolute Gasteiger partial charge is 0.340 e. The molecule has 1 fully saturated rings. The van der Waals surface area contributed by atoms with Crippen LogP contribution in [0.1, 0.15) is 66.3 Å². The predicted octanol–water partition coefficient (Wildman–Crippen LogP) is 3.29. The van der Waals surface area contributed by atoms with Crippen LogP contribution in [0.2, 0.25) is 0 Å². The molecule has 0 bridgehead atoms. The lowest BCUT2D eigenvalue weighted by atomic mass is 10.0. The number of aryl methyl sites for hydroxylation is 1. The lowest BCUT2D eigenvalue weighted by Crippen LogP contribution is -2.32. The summed E-state index contributed by atoms with van der Waals surface area (Å²) in [7, 11) is 0. The van der Waals surface area contributed by atoms with E-state index < -0.39 is 11.0 Å². The molecule has 1 aromatic carbocycles. The SMILES string of the molecule is Cc1cc(C(=O)NC(c2nc(C3CC3)no2)C(C)C)ccc1[N+](=O)[O-]. The van der Waals surface area contributed by atoms with Gasteiger partial charge in [0.1, 0.15) is 6.04 Å². The van der Waals surface area contributed by atoms with Crippen LogP contribution in [-0.2, 0) is 0 Å². The first kappa shape index (κ1) is 17.1. The zero-order valence-corrected chi connectivity index (χ0v) is 14.4. The molecule has 0 aliphatic heterocycles. The van der Waals surface area contributed by atoms with Crippen molar-refractivity contribution in [2.24, 2.45) is 5.92 Å². The first-order valence-electron chi connectivity index (χ1n) is 8.26. The van der Waals surface area contributed by atoms with Crippen LogP contribution in [-0.4, -0.2) is 21.0 Å². The van der Waals surface area contributed by atoms with Crippen LogP contribution in [0.25, 0.3) is 0 Å². The second kappa shape index (κ2) is 6.62. The number of aromatic nitrogens is 2. The molecule has 1 saturated carbocycles. The normalized spacial score (nSPS) is 15.2. The smallest absolute Gasteiger partial charge is 0.272 e. The number of nitro benzene ring substituents is 1. The van der Waals surface area contributed by atoms with Crippen molar-refractivity contribution in [1.29, 1.82) is 0 Å². The van der Waals surface area contributed by atoms with Gasteiger partial charge < -0.3 is 9.84 Å². The molecule has 8 heteroatoms. The standard InChI is InChI=1S/C17H20N4O4/c1-9(2)14(17-19-15(20-25-17)11-4-5-11)18-16(22)12-6-7-13(21(23)24)10(3)8-12/h6-9,11,14H,4-5H2,1-3H3,(H,18,22). The summed E-state index contributed by atoms with van der Waals surface area (Å²) >= 11 is 0. The Balaban J connectivity index is 1.78. The molecule has 1 heterocycles. The number of carbonyl (C=O) groups is 1. The minimum Gasteiger partial charge on any atom is -0.340 e. The van der Waals surface area contributed by atoms with Crippen molar-refractivity contribution in [3.8, 4) is 0 Å². The van der Waals surface area contributed by atoms with Crippen LogP contribution >= 0.6 is 0 Å². The number of benzene rings is 1. The van der Waals surface area contributed by atoms with Gasteiger partial charge in [-0.15, -0.1) is 0 Å². The molecule has 8 nitrogen and oxygen atoms in total. The van der Waals surface area contributed by atoms with Gasteiger partial charge in [0.05, 0.1) is 4.92 Å². The number of nitro groups is 1. The maximum atomic E-state index is 12.5. The van der Waals surface area contributed by atoms with E-state index in [9.17, 15) is 14.9 Å². The minimum absolute atomic E-state index is 0.0112. The fraction of sp³-hybridized carbons (Fsp3) is 0.471. The molecule has 1 atom stereocenters. The molecule has 1 aromatic heterocycles. The highest BCUT2D eigenvalue weighted by atomic mass is 16.6. The van der Waals surface area contributed by atoms with Gasteiger partial charge in [-0.1, -0.05) is 19.0 Å². The topological polar surface area (TPSA) is 111 Å². The fourth-order valence-corrected chi connectivity index (χ4v) is 2.62. The summed E-state index contributed by atoms with van der Waals surface area (Å²) in [6.07, 6.45) is 2.14. The maximum Gasteiger partial charge on any atom is 0.272 e. The Hall–Kier alpha value is -2.77. The summed E-state index contributed by atoms with van der Waals surface area (Å²) in [5.74, 6) is 1.18. The van der Waals surface area contributed by atoms with Crippen molar-refractivity contribution in [2.45, 2.75) is 45.6 Å². The number of amides is 1. The van der Waals surface area contributed by atoms with E-state index in [0.717, 1.165) is 12.8 Å². The van der Waals surface area contributed by atoms with Crippen molar-refractivity contribution in [2.75, 3.05) is 0 Å². The van der Waals surface area contributed by atoms with Gasteiger partial charge in [0, 0.05) is 23.1 Å². The first-order valence-corrected chi connectivity index (χ1v) is 8.26. The summed E-state index contributed by atoms with van der Waals surface area (Å²) in [5, 5.41) is 17.8. The lowest BCUT2D eigenvalue weighted by Gasteiger charge is -2.18. The molecule has 3 rings (SSSR count). The van der Waals surface area contributed by atoms with Crippen LogP contribution in [0.15, 0.2) is 22.7 Å². The van der Waals surface area contributed by atoms with Gasteiger partial charge in [-0.2, -0.15) is 4.98 Å². The number of nitrogens with zero attached hydrogens (tertiary/aromatic N) is 3. The van der Waals surface area contributed by atoms with E-state index in [-0.39, 0.29) is 17.5 Å². The highest BCUT2D eigenvalue weighted by molar-refractivity contribution is 5.94. The molecule has 1 unspecified atom stereocenters. The van der Waals surface area contributed by atoms with Gasteiger partial charge in [0.25, 0.3) is 11.6 Å².